The predicted octanol–water partition coefficient (Wildman–Crippen LogP) is 2.01. The highest BCUT2D eigenvalue weighted by atomic mass is 16.1. The zero-order valence-corrected chi connectivity index (χ0v) is 12.9. The molecule has 0 bridgehead atoms. The number of benzene rings is 1. The Bertz CT molecular complexity index is 859. The summed E-state index contributed by atoms with van der Waals surface area (Å²) >= 11 is 0. The van der Waals surface area contributed by atoms with Crippen molar-refractivity contribution >= 4 is 0 Å². The molecule has 118 valence electrons. The number of aromatic nitrogens is 5. The van der Waals surface area contributed by atoms with E-state index < -0.39 is 0 Å². The molecule has 3 aromatic rings. The molecule has 0 unspecified atom stereocenters. The van der Waals surface area contributed by atoms with Crippen molar-refractivity contribution in [3.63, 3.8) is 0 Å². The Kier molecular flexibility index (Phi) is 3.57. The van der Waals surface area contributed by atoms with Gasteiger partial charge in [-0.2, -0.15) is 0 Å². The summed E-state index contributed by atoms with van der Waals surface area (Å²) in [5, 5.41) is 8.65. The fraction of sp³-hybridized carbons (Fsp3) is 0.353. The van der Waals surface area contributed by atoms with Crippen LogP contribution >= 0.6 is 0 Å². The van der Waals surface area contributed by atoms with Crippen LogP contribution in [0, 0.1) is 0 Å². The lowest BCUT2D eigenvalue weighted by Crippen LogP contribution is -2.24. The van der Waals surface area contributed by atoms with Crippen LogP contribution in [0.15, 0.2) is 47.4 Å². The molecule has 1 aliphatic rings. The maximum atomic E-state index is 12.3. The summed E-state index contributed by atoms with van der Waals surface area (Å²) in [7, 11) is 0. The molecule has 2 aromatic heterocycles. The second-order valence-corrected chi connectivity index (χ2v) is 5.89. The average molecular weight is 309 g/mol. The van der Waals surface area contributed by atoms with Crippen molar-refractivity contribution in [3.05, 3.63) is 64.6 Å². The molecule has 0 saturated carbocycles. The fourth-order valence-corrected chi connectivity index (χ4v) is 3.16. The van der Waals surface area contributed by atoms with Gasteiger partial charge in [-0.15, -0.1) is 10.2 Å². The molecule has 0 amide bonds. The lowest BCUT2D eigenvalue weighted by Gasteiger charge is -2.12. The van der Waals surface area contributed by atoms with Gasteiger partial charge in [-0.1, -0.05) is 24.6 Å². The Labute approximate surface area is 134 Å². The van der Waals surface area contributed by atoms with Gasteiger partial charge in [-0.3, -0.25) is 9.48 Å². The first kappa shape index (κ1) is 14.0. The van der Waals surface area contributed by atoms with Crippen LogP contribution in [0.4, 0.5) is 0 Å². The Morgan fingerprint density at radius 2 is 1.87 bits per heavy atom. The van der Waals surface area contributed by atoms with E-state index in [1.807, 2.05) is 35.0 Å². The van der Waals surface area contributed by atoms with E-state index in [1.165, 1.54) is 12.8 Å². The first-order valence-electron chi connectivity index (χ1n) is 8.08. The van der Waals surface area contributed by atoms with Crippen LogP contribution in [0.2, 0.25) is 0 Å². The number of nitrogens with zero attached hydrogens (tertiary/aromatic N) is 5. The molecule has 0 radical (unpaired) electrons. The van der Waals surface area contributed by atoms with Gasteiger partial charge in [0.05, 0.1) is 5.69 Å². The van der Waals surface area contributed by atoms with Crippen molar-refractivity contribution in [3.8, 4) is 5.69 Å². The van der Waals surface area contributed by atoms with Gasteiger partial charge in [0.1, 0.15) is 12.4 Å². The minimum Gasteiger partial charge on any atom is -0.313 e. The molecule has 23 heavy (non-hydrogen) atoms. The molecule has 1 aliphatic heterocycles. The molecule has 6 heteroatoms. The van der Waals surface area contributed by atoms with Crippen LogP contribution in [-0.2, 0) is 19.5 Å². The number of hydrogen-bond acceptors (Lipinski definition) is 3. The molecular formula is C17H19N5O. The van der Waals surface area contributed by atoms with E-state index in [0.717, 1.165) is 36.7 Å². The van der Waals surface area contributed by atoms with Gasteiger partial charge < -0.3 is 4.57 Å². The molecule has 0 atom stereocenters. The van der Waals surface area contributed by atoms with E-state index in [0.29, 0.717) is 6.54 Å². The number of rotatable bonds is 3. The van der Waals surface area contributed by atoms with Crippen LogP contribution in [0.3, 0.4) is 0 Å². The van der Waals surface area contributed by atoms with Crippen molar-refractivity contribution in [2.24, 2.45) is 0 Å². The van der Waals surface area contributed by atoms with Gasteiger partial charge in [-0.05, 0) is 25.0 Å². The van der Waals surface area contributed by atoms with E-state index in [1.54, 1.807) is 16.9 Å². The van der Waals surface area contributed by atoms with Crippen LogP contribution < -0.4 is 5.56 Å². The zero-order valence-electron chi connectivity index (χ0n) is 12.9. The molecule has 3 heterocycles. The standard InChI is InChI=1S/C17H19N5O/c23-17-10-12-21(14-7-3-1-4-8-14)22(17)13-16-19-18-15-9-5-2-6-11-20(15)16/h1,3-4,7-8,10,12H,2,5-6,9,11,13H2. The van der Waals surface area contributed by atoms with Gasteiger partial charge in [0.2, 0.25) is 0 Å². The summed E-state index contributed by atoms with van der Waals surface area (Å²) in [5.41, 5.74) is 0.935. The summed E-state index contributed by atoms with van der Waals surface area (Å²) in [5.74, 6) is 1.91. The topological polar surface area (TPSA) is 57.6 Å². The molecule has 0 saturated heterocycles. The zero-order chi connectivity index (χ0) is 15.6. The Balaban J connectivity index is 1.72. The highest BCUT2D eigenvalue weighted by Gasteiger charge is 2.16. The Morgan fingerprint density at radius 1 is 1.00 bits per heavy atom. The van der Waals surface area contributed by atoms with Crippen LogP contribution in [0.1, 0.15) is 30.9 Å². The summed E-state index contributed by atoms with van der Waals surface area (Å²) in [6.45, 7) is 1.38. The summed E-state index contributed by atoms with van der Waals surface area (Å²) in [6, 6.07) is 11.5. The fourth-order valence-electron chi connectivity index (χ4n) is 3.16. The molecule has 0 aliphatic carbocycles. The van der Waals surface area contributed by atoms with Crippen molar-refractivity contribution < 1.29 is 0 Å². The van der Waals surface area contributed by atoms with Gasteiger partial charge in [0.25, 0.3) is 5.56 Å². The number of aryl methyl sites for hydroxylation is 1. The SMILES string of the molecule is O=c1ccn(-c2ccccc2)n1Cc1nnc2n1CCCCC2. The third kappa shape index (κ3) is 2.60. The summed E-state index contributed by atoms with van der Waals surface area (Å²) in [4.78, 5) is 12.3. The summed E-state index contributed by atoms with van der Waals surface area (Å²) in [6.07, 6.45) is 6.31. The Hall–Kier alpha value is -2.63. The maximum Gasteiger partial charge on any atom is 0.267 e. The number of fused-ring (bicyclic) bond motifs is 1. The number of hydrogen-bond donors (Lipinski definition) is 0. The van der Waals surface area contributed by atoms with Crippen LogP contribution in [0.5, 0.6) is 0 Å². The third-order valence-corrected chi connectivity index (χ3v) is 4.37. The van der Waals surface area contributed by atoms with Gasteiger partial charge in [0, 0.05) is 25.2 Å². The monoisotopic (exact) mass is 309 g/mol. The minimum atomic E-state index is -0.0279. The first-order chi connectivity index (χ1) is 11.3. The third-order valence-electron chi connectivity index (χ3n) is 4.37. The average Bonchev–Trinajstić information content (AvgIpc) is 3.04. The second-order valence-electron chi connectivity index (χ2n) is 5.89. The van der Waals surface area contributed by atoms with Crippen molar-refractivity contribution in [2.45, 2.75) is 38.8 Å². The molecule has 4 rings (SSSR count). The van der Waals surface area contributed by atoms with E-state index in [-0.39, 0.29) is 5.56 Å². The quantitative estimate of drug-likeness (QED) is 0.743. The van der Waals surface area contributed by atoms with E-state index >= 15 is 0 Å². The number of para-hydroxylation sites is 1. The molecular weight excluding hydrogens is 290 g/mol. The smallest absolute Gasteiger partial charge is 0.267 e. The highest BCUT2D eigenvalue weighted by molar-refractivity contribution is 5.30. The van der Waals surface area contributed by atoms with Crippen LogP contribution in [0.25, 0.3) is 5.69 Å². The van der Waals surface area contributed by atoms with Gasteiger partial charge >= 0.3 is 0 Å². The van der Waals surface area contributed by atoms with Gasteiger partial charge in [-0.25, -0.2) is 4.68 Å². The lowest BCUT2D eigenvalue weighted by molar-refractivity contribution is 0.529. The van der Waals surface area contributed by atoms with E-state index in [2.05, 4.69) is 14.8 Å². The van der Waals surface area contributed by atoms with E-state index in [4.69, 9.17) is 0 Å². The first-order valence-corrected chi connectivity index (χ1v) is 8.08. The maximum absolute atomic E-state index is 12.3. The van der Waals surface area contributed by atoms with Gasteiger partial charge in [0.15, 0.2) is 5.82 Å². The van der Waals surface area contributed by atoms with Crippen molar-refractivity contribution in [1.82, 2.24) is 24.1 Å². The predicted molar refractivity (Wildman–Crippen MR) is 86.7 cm³/mol. The van der Waals surface area contributed by atoms with Crippen molar-refractivity contribution in [2.75, 3.05) is 0 Å². The minimum absolute atomic E-state index is 0.0279. The summed E-state index contributed by atoms with van der Waals surface area (Å²) < 4.78 is 5.76. The molecule has 0 spiro atoms. The van der Waals surface area contributed by atoms with Crippen LogP contribution in [-0.4, -0.2) is 24.1 Å². The highest BCUT2D eigenvalue weighted by Crippen LogP contribution is 2.15. The normalized spacial score (nSPS) is 14.4. The molecule has 0 fully saturated rings. The van der Waals surface area contributed by atoms with Crippen molar-refractivity contribution in [1.29, 1.82) is 0 Å². The second kappa shape index (κ2) is 5.87. The molecule has 1 aromatic carbocycles. The van der Waals surface area contributed by atoms with E-state index in [9.17, 15) is 4.79 Å². The lowest BCUT2D eigenvalue weighted by atomic mass is 10.2. The molecule has 0 N–H and O–H groups in total. The largest absolute Gasteiger partial charge is 0.313 e. The Morgan fingerprint density at radius 3 is 2.74 bits per heavy atom. The molecule has 6 nitrogen and oxygen atoms in total.